The lowest BCUT2D eigenvalue weighted by atomic mass is 10.2. The Labute approximate surface area is 172 Å². The third-order valence-electron chi connectivity index (χ3n) is 5.81. The molecule has 1 fully saturated rings. The number of nitrogens with one attached hydrogen (secondary N) is 1. The molecular weight excluding hydrogens is 386 g/mol. The minimum Gasteiger partial charge on any atom is -0.357 e. The number of fused-ring (bicyclic) bond motifs is 2. The molecule has 5 heterocycles. The summed E-state index contributed by atoms with van der Waals surface area (Å²) in [5.74, 6) is 1.65. The van der Waals surface area contributed by atoms with E-state index in [4.69, 9.17) is 0 Å². The highest BCUT2D eigenvalue weighted by Gasteiger charge is 2.23. The summed E-state index contributed by atoms with van der Waals surface area (Å²) in [6.07, 6.45) is 5.98. The van der Waals surface area contributed by atoms with Gasteiger partial charge in [-0.05, 0) is 49.4 Å². The quantitative estimate of drug-likeness (QED) is 0.717. The van der Waals surface area contributed by atoms with E-state index in [1.54, 1.807) is 10.8 Å². The van der Waals surface area contributed by atoms with E-state index >= 15 is 0 Å². The number of aromatic nitrogens is 3. The van der Waals surface area contributed by atoms with Crippen LogP contribution in [0.4, 0.5) is 5.82 Å². The summed E-state index contributed by atoms with van der Waals surface area (Å²) in [5, 5.41) is 3.59. The van der Waals surface area contributed by atoms with Gasteiger partial charge in [0.2, 0.25) is 0 Å². The van der Waals surface area contributed by atoms with E-state index in [0.29, 0.717) is 21.6 Å². The number of aryl methyl sites for hydroxylation is 2. The molecule has 5 rings (SSSR count). The number of nitrogens with zero attached hydrogens (tertiary/aromatic N) is 4. The normalized spacial score (nSPS) is 15.8. The van der Waals surface area contributed by atoms with Gasteiger partial charge in [-0.15, -0.1) is 11.3 Å². The van der Waals surface area contributed by atoms with Crippen LogP contribution in [0.5, 0.6) is 0 Å². The fourth-order valence-corrected chi connectivity index (χ4v) is 5.35. The molecule has 0 atom stereocenters. The maximum absolute atomic E-state index is 12.9. The fraction of sp³-hybridized carbons (Fsp3) is 0.429. The first kappa shape index (κ1) is 18.3. The molecule has 1 saturated heterocycles. The van der Waals surface area contributed by atoms with Crippen LogP contribution < -0.4 is 15.8 Å². The lowest BCUT2D eigenvalue weighted by Crippen LogP contribution is -2.24. The Kier molecular flexibility index (Phi) is 4.58. The van der Waals surface area contributed by atoms with Crippen molar-refractivity contribution in [3.05, 3.63) is 50.5 Å². The molecule has 150 valence electrons. The van der Waals surface area contributed by atoms with Gasteiger partial charge in [-0.3, -0.25) is 14.2 Å². The molecule has 29 heavy (non-hydrogen) atoms. The lowest BCUT2D eigenvalue weighted by Gasteiger charge is -2.17. The van der Waals surface area contributed by atoms with Gasteiger partial charge in [-0.25, -0.2) is 9.97 Å². The summed E-state index contributed by atoms with van der Waals surface area (Å²) in [5.41, 5.74) is 1.74. The standard InChI is InChI=1S/C21H23N5O2S/c1-13-17-20(24-15-5-4-10-26(15)21(17)28)29-18(13)19(27)23-12-14-6-7-22-16(11-14)25-8-2-3-9-25/h6-7,11H,2-5,8-10,12H2,1H3,(H,23,27). The molecule has 0 unspecified atom stereocenters. The molecule has 3 aromatic heterocycles. The molecule has 0 radical (unpaired) electrons. The zero-order chi connectivity index (χ0) is 20.0. The number of carbonyl (C=O) groups is 1. The van der Waals surface area contributed by atoms with Crippen LogP contribution in [-0.4, -0.2) is 33.5 Å². The second-order valence-electron chi connectivity index (χ2n) is 7.72. The summed E-state index contributed by atoms with van der Waals surface area (Å²) < 4.78 is 1.75. The van der Waals surface area contributed by atoms with E-state index in [1.807, 2.05) is 19.1 Å². The number of thiophene rings is 1. The Morgan fingerprint density at radius 3 is 2.90 bits per heavy atom. The van der Waals surface area contributed by atoms with Gasteiger partial charge in [0.15, 0.2) is 0 Å². The number of hydrogen-bond donors (Lipinski definition) is 1. The number of anilines is 1. The van der Waals surface area contributed by atoms with Gasteiger partial charge >= 0.3 is 0 Å². The molecule has 0 bridgehead atoms. The smallest absolute Gasteiger partial charge is 0.262 e. The van der Waals surface area contributed by atoms with E-state index in [-0.39, 0.29) is 11.5 Å². The van der Waals surface area contributed by atoms with Crippen LogP contribution >= 0.6 is 11.3 Å². The zero-order valence-electron chi connectivity index (χ0n) is 16.4. The summed E-state index contributed by atoms with van der Waals surface area (Å²) in [4.78, 5) is 38.3. The summed E-state index contributed by atoms with van der Waals surface area (Å²) in [6.45, 7) is 5.07. The van der Waals surface area contributed by atoms with Crippen LogP contribution in [0.25, 0.3) is 10.2 Å². The Bertz CT molecular complexity index is 1160. The van der Waals surface area contributed by atoms with Gasteiger partial charge in [-0.2, -0.15) is 0 Å². The largest absolute Gasteiger partial charge is 0.357 e. The number of hydrogen-bond acceptors (Lipinski definition) is 6. The average Bonchev–Trinajstić information content (AvgIpc) is 3.47. The highest BCUT2D eigenvalue weighted by molar-refractivity contribution is 7.20. The van der Waals surface area contributed by atoms with Crippen molar-refractivity contribution in [2.75, 3.05) is 18.0 Å². The molecule has 8 heteroatoms. The first-order chi connectivity index (χ1) is 14.1. The molecule has 0 spiro atoms. The van der Waals surface area contributed by atoms with Crippen LogP contribution in [0.1, 0.15) is 45.9 Å². The van der Waals surface area contributed by atoms with Gasteiger partial charge in [0, 0.05) is 38.8 Å². The van der Waals surface area contributed by atoms with Crippen molar-refractivity contribution in [3.63, 3.8) is 0 Å². The van der Waals surface area contributed by atoms with Gasteiger partial charge in [-0.1, -0.05) is 0 Å². The first-order valence-electron chi connectivity index (χ1n) is 10.1. The van der Waals surface area contributed by atoms with E-state index in [0.717, 1.165) is 55.2 Å². The van der Waals surface area contributed by atoms with E-state index < -0.39 is 0 Å². The van der Waals surface area contributed by atoms with Crippen molar-refractivity contribution >= 4 is 33.3 Å². The highest BCUT2D eigenvalue weighted by Crippen LogP contribution is 2.28. The van der Waals surface area contributed by atoms with Gasteiger partial charge in [0.1, 0.15) is 16.5 Å². The molecular formula is C21H23N5O2S. The van der Waals surface area contributed by atoms with Crippen molar-refractivity contribution in [2.45, 2.75) is 45.7 Å². The second kappa shape index (κ2) is 7.26. The second-order valence-corrected chi connectivity index (χ2v) is 8.72. The molecule has 3 aromatic rings. The van der Waals surface area contributed by atoms with Crippen LogP contribution in [0.2, 0.25) is 0 Å². The van der Waals surface area contributed by atoms with Crippen LogP contribution in [0, 0.1) is 6.92 Å². The van der Waals surface area contributed by atoms with Crippen LogP contribution in [0.15, 0.2) is 23.1 Å². The number of pyridine rings is 1. The Hall–Kier alpha value is -2.74. The highest BCUT2D eigenvalue weighted by atomic mass is 32.1. The van der Waals surface area contributed by atoms with Crippen molar-refractivity contribution < 1.29 is 4.79 Å². The van der Waals surface area contributed by atoms with E-state index in [1.165, 1.54) is 24.2 Å². The Balaban J connectivity index is 1.37. The molecule has 2 aliphatic heterocycles. The average molecular weight is 410 g/mol. The summed E-state index contributed by atoms with van der Waals surface area (Å²) in [7, 11) is 0. The molecule has 1 amide bonds. The number of carbonyl (C=O) groups excluding carboxylic acids is 1. The molecule has 1 N–H and O–H groups in total. The van der Waals surface area contributed by atoms with Gasteiger partial charge in [0.05, 0.1) is 10.3 Å². The molecule has 7 nitrogen and oxygen atoms in total. The third-order valence-corrected chi connectivity index (χ3v) is 7.00. The minimum atomic E-state index is -0.158. The predicted octanol–water partition coefficient (Wildman–Crippen LogP) is 2.64. The Morgan fingerprint density at radius 1 is 1.24 bits per heavy atom. The minimum absolute atomic E-state index is 0.0142. The van der Waals surface area contributed by atoms with Crippen molar-refractivity contribution in [2.24, 2.45) is 0 Å². The molecule has 0 aromatic carbocycles. The fourth-order valence-electron chi connectivity index (χ4n) is 4.24. The van der Waals surface area contributed by atoms with Gasteiger partial charge < -0.3 is 10.2 Å². The van der Waals surface area contributed by atoms with E-state index in [2.05, 4.69) is 20.2 Å². The van der Waals surface area contributed by atoms with Crippen molar-refractivity contribution in [1.82, 2.24) is 19.9 Å². The maximum Gasteiger partial charge on any atom is 0.262 e. The van der Waals surface area contributed by atoms with Crippen LogP contribution in [0.3, 0.4) is 0 Å². The van der Waals surface area contributed by atoms with Gasteiger partial charge in [0.25, 0.3) is 11.5 Å². The van der Waals surface area contributed by atoms with Crippen molar-refractivity contribution in [3.8, 4) is 0 Å². The predicted molar refractivity (Wildman–Crippen MR) is 114 cm³/mol. The first-order valence-corrected chi connectivity index (χ1v) is 10.9. The van der Waals surface area contributed by atoms with Crippen molar-refractivity contribution in [1.29, 1.82) is 0 Å². The number of rotatable bonds is 4. The summed E-state index contributed by atoms with van der Waals surface area (Å²) >= 11 is 1.31. The third kappa shape index (κ3) is 3.21. The Morgan fingerprint density at radius 2 is 2.07 bits per heavy atom. The van der Waals surface area contributed by atoms with E-state index in [9.17, 15) is 9.59 Å². The zero-order valence-corrected chi connectivity index (χ0v) is 17.2. The molecule has 2 aliphatic rings. The topological polar surface area (TPSA) is 80.1 Å². The maximum atomic E-state index is 12.9. The summed E-state index contributed by atoms with van der Waals surface area (Å²) in [6, 6.07) is 3.97. The molecule has 0 saturated carbocycles. The van der Waals surface area contributed by atoms with Crippen LogP contribution in [-0.2, 0) is 19.5 Å². The SMILES string of the molecule is Cc1c(C(=O)NCc2ccnc(N3CCCC3)c2)sc2nc3n(c(=O)c12)CCC3. The lowest BCUT2D eigenvalue weighted by molar-refractivity contribution is 0.0954. The monoisotopic (exact) mass is 409 g/mol. The molecule has 0 aliphatic carbocycles. The number of amides is 1.